The van der Waals surface area contributed by atoms with Gasteiger partial charge in [-0.3, -0.25) is 4.79 Å². The Labute approximate surface area is 113 Å². The summed E-state index contributed by atoms with van der Waals surface area (Å²) in [6.07, 6.45) is 0.0554. The van der Waals surface area contributed by atoms with Gasteiger partial charge in [0.2, 0.25) is 0 Å². The second kappa shape index (κ2) is 4.86. The Morgan fingerprint density at radius 1 is 1.55 bits per heavy atom. The molecule has 7 nitrogen and oxygen atoms in total. The number of aromatic nitrogens is 1. The molecule has 1 aliphatic rings. The van der Waals surface area contributed by atoms with Gasteiger partial charge in [0, 0.05) is 10.9 Å². The Kier molecular flexibility index (Phi) is 3.03. The highest BCUT2D eigenvalue weighted by Crippen LogP contribution is 2.36. The molecule has 1 atom stereocenters. The number of carbonyl (C=O) groups excluding carboxylic acids is 2. The Morgan fingerprint density at radius 3 is 3.00 bits per heavy atom. The quantitative estimate of drug-likeness (QED) is 0.581. The maximum Gasteiger partial charge on any atom is 0.298 e. The smallest absolute Gasteiger partial charge is 0.298 e. The van der Waals surface area contributed by atoms with Crippen molar-refractivity contribution in [3.05, 3.63) is 23.9 Å². The summed E-state index contributed by atoms with van der Waals surface area (Å²) in [5.41, 5.74) is 0.412. The number of hydrogen-bond acceptors (Lipinski definition) is 6. The Balaban J connectivity index is 2.01. The van der Waals surface area contributed by atoms with Crippen LogP contribution in [0.2, 0.25) is 0 Å². The van der Waals surface area contributed by atoms with Gasteiger partial charge < -0.3 is 29.1 Å². The third kappa shape index (κ3) is 2.30. The fraction of sp³-hybridized carbons (Fsp3) is 0.231. The number of rotatable bonds is 6. The third-order valence-electron chi connectivity index (χ3n) is 2.93. The van der Waals surface area contributed by atoms with Crippen LogP contribution >= 0.6 is 0 Å². The number of benzene rings is 1. The van der Waals surface area contributed by atoms with Gasteiger partial charge in [0.1, 0.15) is 12.7 Å². The molecule has 0 bridgehead atoms. The maximum absolute atomic E-state index is 10.8. The summed E-state index contributed by atoms with van der Waals surface area (Å²) in [7, 11) is 0. The third-order valence-corrected chi connectivity index (χ3v) is 2.93. The molecule has 1 fully saturated rings. The van der Waals surface area contributed by atoms with Crippen LogP contribution in [0.15, 0.2) is 18.2 Å². The summed E-state index contributed by atoms with van der Waals surface area (Å²) in [6, 6.07) is 4.58. The molecule has 0 aliphatic carbocycles. The van der Waals surface area contributed by atoms with Crippen molar-refractivity contribution in [3.63, 3.8) is 0 Å². The normalized spacial score (nSPS) is 16.9. The monoisotopic (exact) mass is 276 g/mol. The van der Waals surface area contributed by atoms with Crippen LogP contribution in [0, 0.1) is 0 Å². The minimum atomic E-state index is -1.34. The molecule has 1 unspecified atom stereocenters. The molecule has 7 heteroatoms. The van der Waals surface area contributed by atoms with Gasteiger partial charge in [0.25, 0.3) is 6.47 Å². The van der Waals surface area contributed by atoms with Gasteiger partial charge in [0.05, 0.1) is 18.3 Å². The molecule has 1 N–H and O–H groups in total. The molecule has 0 amide bonds. The van der Waals surface area contributed by atoms with Crippen molar-refractivity contribution in [1.29, 1.82) is 0 Å². The summed E-state index contributed by atoms with van der Waals surface area (Å²) in [5, 5.41) is 11.3. The van der Waals surface area contributed by atoms with Gasteiger partial charge in [-0.05, 0) is 18.2 Å². The van der Waals surface area contributed by atoms with E-state index in [-0.39, 0.29) is 24.0 Å². The van der Waals surface area contributed by atoms with Crippen LogP contribution in [-0.2, 0) is 9.53 Å². The van der Waals surface area contributed by atoms with Gasteiger partial charge in [-0.2, -0.15) is 0 Å². The van der Waals surface area contributed by atoms with Crippen molar-refractivity contribution in [2.45, 2.75) is 6.10 Å². The highest BCUT2D eigenvalue weighted by Gasteiger charge is 2.24. The molecule has 1 aliphatic heterocycles. The van der Waals surface area contributed by atoms with E-state index in [1.165, 1.54) is 6.07 Å². The van der Waals surface area contributed by atoms with E-state index in [0.29, 0.717) is 29.9 Å². The van der Waals surface area contributed by atoms with Crippen molar-refractivity contribution in [2.75, 3.05) is 13.2 Å². The van der Waals surface area contributed by atoms with Crippen molar-refractivity contribution in [1.82, 2.24) is 4.98 Å². The van der Waals surface area contributed by atoms with Crippen LogP contribution in [0.1, 0.15) is 10.5 Å². The summed E-state index contributed by atoms with van der Waals surface area (Å²) in [6.45, 7) is 1.25. The number of epoxide rings is 1. The van der Waals surface area contributed by atoms with E-state index in [9.17, 15) is 14.7 Å². The van der Waals surface area contributed by atoms with Gasteiger partial charge >= 0.3 is 0 Å². The number of nitrogens with one attached hydrogen (secondary N) is 1. The fourth-order valence-electron chi connectivity index (χ4n) is 1.90. The lowest BCUT2D eigenvalue weighted by atomic mass is 10.2. The number of fused-ring (bicyclic) bond motifs is 1. The summed E-state index contributed by atoms with van der Waals surface area (Å²) < 4.78 is 15.4. The minimum absolute atomic E-state index is 0.0554. The number of carboxylic acid groups (broad SMARTS) is 1. The summed E-state index contributed by atoms with van der Waals surface area (Å²) >= 11 is 0. The number of hydrogen-bond donors (Lipinski definition) is 1. The van der Waals surface area contributed by atoms with E-state index in [2.05, 4.69) is 4.98 Å². The second-order valence-corrected chi connectivity index (χ2v) is 4.30. The molecule has 3 rings (SSSR count). The van der Waals surface area contributed by atoms with E-state index >= 15 is 0 Å². The van der Waals surface area contributed by atoms with Crippen LogP contribution in [0.4, 0.5) is 0 Å². The minimum Gasteiger partial charge on any atom is -0.543 e. The number of ether oxygens (including phenoxy) is 3. The Hall–Kier alpha value is -2.54. The van der Waals surface area contributed by atoms with Crippen LogP contribution in [0.25, 0.3) is 10.9 Å². The lowest BCUT2D eigenvalue weighted by Crippen LogP contribution is -2.22. The Morgan fingerprint density at radius 2 is 2.35 bits per heavy atom. The van der Waals surface area contributed by atoms with E-state index < -0.39 is 5.97 Å². The lowest BCUT2D eigenvalue weighted by Gasteiger charge is -2.09. The molecule has 2 aromatic rings. The molecule has 1 aromatic carbocycles. The number of carboxylic acids is 1. The first-order chi connectivity index (χ1) is 9.69. The predicted octanol–water partition coefficient (Wildman–Crippen LogP) is -0.156. The standard InChI is InChI=1S/C13H11NO6/c15-6-20-12-8-3-10(13(16)17)14-9(8)1-2-11(12)19-5-7-4-18-7/h1-3,6-7,14H,4-5H2,(H,16,17)/p-1. The number of carbonyl (C=O) groups is 2. The first kappa shape index (κ1) is 12.5. The molecule has 1 aromatic heterocycles. The van der Waals surface area contributed by atoms with Gasteiger partial charge in [-0.15, -0.1) is 0 Å². The van der Waals surface area contributed by atoms with E-state index in [0.717, 1.165) is 0 Å². The zero-order chi connectivity index (χ0) is 14.1. The topological polar surface area (TPSA) is 104 Å². The van der Waals surface area contributed by atoms with Crippen molar-refractivity contribution in [2.24, 2.45) is 0 Å². The van der Waals surface area contributed by atoms with Crippen molar-refractivity contribution in [3.8, 4) is 11.5 Å². The first-order valence-electron chi connectivity index (χ1n) is 5.91. The molecule has 20 heavy (non-hydrogen) atoms. The predicted molar refractivity (Wildman–Crippen MR) is 64.6 cm³/mol. The molecular formula is C13H10NO6-. The van der Waals surface area contributed by atoms with Crippen LogP contribution in [-0.4, -0.2) is 36.7 Å². The molecule has 104 valence electrons. The van der Waals surface area contributed by atoms with Gasteiger partial charge in [0.15, 0.2) is 11.5 Å². The number of H-pyrrole nitrogens is 1. The zero-order valence-electron chi connectivity index (χ0n) is 10.3. The first-order valence-corrected chi connectivity index (χ1v) is 5.91. The molecule has 2 heterocycles. The number of aromatic carboxylic acids is 1. The lowest BCUT2D eigenvalue weighted by molar-refractivity contribution is -0.255. The van der Waals surface area contributed by atoms with E-state index in [4.69, 9.17) is 14.2 Å². The largest absolute Gasteiger partial charge is 0.543 e. The number of aromatic amines is 1. The van der Waals surface area contributed by atoms with Gasteiger partial charge in [-0.1, -0.05) is 0 Å². The average molecular weight is 276 g/mol. The second-order valence-electron chi connectivity index (χ2n) is 4.30. The highest BCUT2D eigenvalue weighted by molar-refractivity contribution is 5.97. The van der Waals surface area contributed by atoms with Crippen molar-refractivity contribution < 1.29 is 28.9 Å². The highest BCUT2D eigenvalue weighted by atomic mass is 16.6. The summed E-state index contributed by atoms with van der Waals surface area (Å²) in [4.78, 5) is 24.1. The summed E-state index contributed by atoms with van der Waals surface area (Å²) in [5.74, 6) is -0.821. The average Bonchev–Trinajstić information content (AvgIpc) is 3.14. The van der Waals surface area contributed by atoms with Crippen LogP contribution in [0.5, 0.6) is 11.5 Å². The van der Waals surface area contributed by atoms with E-state index in [1.54, 1.807) is 12.1 Å². The molecular weight excluding hydrogens is 266 g/mol. The van der Waals surface area contributed by atoms with Crippen LogP contribution < -0.4 is 14.6 Å². The molecule has 0 spiro atoms. The Bertz CT molecular complexity index is 673. The van der Waals surface area contributed by atoms with Gasteiger partial charge in [-0.25, -0.2) is 0 Å². The van der Waals surface area contributed by atoms with E-state index in [1.807, 2.05) is 0 Å². The zero-order valence-corrected chi connectivity index (χ0v) is 10.3. The molecule has 0 radical (unpaired) electrons. The van der Waals surface area contributed by atoms with Crippen LogP contribution in [0.3, 0.4) is 0 Å². The maximum atomic E-state index is 10.8. The molecule has 1 saturated heterocycles. The SMILES string of the molecule is O=COc1c(OCC2CO2)ccc2[nH]c(C(=O)[O-])cc12. The fourth-order valence-corrected chi connectivity index (χ4v) is 1.90. The molecule has 0 saturated carbocycles. The van der Waals surface area contributed by atoms with Crippen molar-refractivity contribution >= 4 is 23.3 Å².